The second kappa shape index (κ2) is 10.2. The van der Waals surface area contributed by atoms with Gasteiger partial charge in [0.05, 0.1) is 6.54 Å². The number of hydrogen-bond acceptors (Lipinski definition) is 6. The number of aryl methyl sites for hydroxylation is 1. The Morgan fingerprint density at radius 2 is 1.89 bits per heavy atom. The van der Waals surface area contributed by atoms with Crippen molar-refractivity contribution in [2.24, 2.45) is 5.92 Å². The average molecular weight is 511 g/mol. The minimum Gasteiger partial charge on any atom is -0.389 e. The molecular weight excluding hydrogens is 480 g/mol. The largest absolute Gasteiger partial charge is 0.389 e. The van der Waals surface area contributed by atoms with Crippen molar-refractivity contribution in [2.75, 3.05) is 18.0 Å². The quantitative estimate of drug-likeness (QED) is 0.388. The number of benzene rings is 1. The lowest BCUT2D eigenvalue weighted by Crippen LogP contribution is -2.42. The van der Waals surface area contributed by atoms with Gasteiger partial charge in [0.1, 0.15) is 0 Å². The molecule has 2 aromatic heterocycles. The number of halogens is 1. The zero-order valence-electron chi connectivity index (χ0n) is 20.7. The number of nitrogens with one attached hydrogen (secondary N) is 1. The number of carbonyl (C=O) groups is 1. The zero-order chi connectivity index (χ0) is 24.7. The SMILES string of the molecule is CCn1c(=O)n(CC(=O)c2ccccc2)c(=O)c2c1nc(N1CCC3CNC=C31)n2CC=C(C)C.Cl. The first-order valence-corrected chi connectivity index (χ1v) is 12.1. The fourth-order valence-corrected chi connectivity index (χ4v) is 4.92. The first-order valence-electron chi connectivity index (χ1n) is 12.1. The van der Waals surface area contributed by atoms with Crippen LogP contribution >= 0.6 is 12.4 Å². The van der Waals surface area contributed by atoms with Gasteiger partial charge in [-0.2, -0.15) is 4.98 Å². The van der Waals surface area contributed by atoms with E-state index in [1.54, 1.807) is 24.3 Å². The van der Waals surface area contributed by atoms with Crippen molar-refractivity contribution in [3.63, 3.8) is 0 Å². The molecule has 0 spiro atoms. The third-order valence-corrected chi connectivity index (χ3v) is 6.78. The second-order valence-electron chi connectivity index (χ2n) is 9.30. The molecule has 0 amide bonds. The lowest BCUT2D eigenvalue weighted by atomic mass is 10.1. The third-order valence-electron chi connectivity index (χ3n) is 6.78. The summed E-state index contributed by atoms with van der Waals surface area (Å²) in [6.45, 7) is 8.02. The van der Waals surface area contributed by atoms with E-state index in [1.807, 2.05) is 43.7 Å². The Kier molecular flexibility index (Phi) is 7.21. The van der Waals surface area contributed by atoms with Gasteiger partial charge in [-0.05, 0) is 27.2 Å². The number of nitrogens with zero attached hydrogens (tertiary/aromatic N) is 5. The monoisotopic (exact) mass is 510 g/mol. The highest BCUT2D eigenvalue weighted by atomic mass is 35.5. The number of hydrogen-bond donors (Lipinski definition) is 1. The lowest BCUT2D eigenvalue weighted by molar-refractivity contribution is 0.0968. The van der Waals surface area contributed by atoms with Crippen LogP contribution < -0.4 is 21.5 Å². The number of rotatable bonds is 7. The molecule has 1 fully saturated rings. The summed E-state index contributed by atoms with van der Waals surface area (Å²) in [5.41, 5.74) is 2.42. The number of imidazole rings is 1. The minimum absolute atomic E-state index is 0. The highest BCUT2D eigenvalue weighted by Gasteiger charge is 2.35. The molecule has 0 radical (unpaired) electrons. The molecule has 1 N–H and O–H groups in total. The number of carbonyl (C=O) groups excluding carboxylic acids is 1. The molecule has 9 nitrogen and oxygen atoms in total. The maximum absolute atomic E-state index is 13.8. The standard InChI is InChI=1S/C26H30N6O3.ClH/c1-4-29-23-22(24(34)32(26(29)35)16-21(33)18-8-6-5-7-9-18)31(12-10-17(2)3)25(28-23)30-13-11-19-14-27-15-20(19)30;/h5-10,15,19,27H,4,11-14,16H2,1-3H3;1H. The van der Waals surface area contributed by atoms with E-state index in [0.29, 0.717) is 41.7 Å². The van der Waals surface area contributed by atoms with E-state index >= 15 is 0 Å². The summed E-state index contributed by atoms with van der Waals surface area (Å²) < 4.78 is 4.43. The number of anilines is 1. The van der Waals surface area contributed by atoms with Crippen LogP contribution in [0.1, 0.15) is 37.6 Å². The number of Topliss-reactive ketones (excluding diaryl/α,β-unsaturated/α-hetero) is 1. The zero-order valence-corrected chi connectivity index (χ0v) is 21.5. The molecule has 1 unspecified atom stereocenters. The van der Waals surface area contributed by atoms with Crippen LogP contribution in [0.3, 0.4) is 0 Å². The number of ketones is 1. The summed E-state index contributed by atoms with van der Waals surface area (Å²) in [7, 11) is 0. The Balaban J connectivity index is 0.00000304. The van der Waals surface area contributed by atoms with Crippen LogP contribution in [-0.2, 0) is 19.6 Å². The topological polar surface area (TPSA) is 94.2 Å². The minimum atomic E-state index is -0.520. The van der Waals surface area contributed by atoms with Gasteiger partial charge >= 0.3 is 5.69 Å². The van der Waals surface area contributed by atoms with Gasteiger partial charge in [0.25, 0.3) is 5.56 Å². The van der Waals surface area contributed by atoms with Crippen molar-refractivity contribution in [3.8, 4) is 0 Å². The molecule has 1 atom stereocenters. The molecule has 1 saturated heterocycles. The molecule has 0 bridgehead atoms. The van der Waals surface area contributed by atoms with Gasteiger partial charge in [0.15, 0.2) is 16.9 Å². The van der Waals surface area contributed by atoms with Crippen molar-refractivity contribution in [3.05, 3.63) is 80.3 Å². The highest BCUT2D eigenvalue weighted by molar-refractivity contribution is 5.96. The third kappa shape index (κ3) is 4.28. The predicted octanol–water partition coefficient (Wildman–Crippen LogP) is 2.92. The summed E-state index contributed by atoms with van der Waals surface area (Å²) in [4.78, 5) is 47.1. The Morgan fingerprint density at radius 3 is 2.58 bits per heavy atom. The van der Waals surface area contributed by atoms with Crippen molar-refractivity contribution in [2.45, 2.75) is 46.8 Å². The molecular formula is C26H31ClN6O3. The molecule has 2 aliphatic heterocycles. The van der Waals surface area contributed by atoms with Crippen molar-refractivity contribution < 1.29 is 4.79 Å². The van der Waals surface area contributed by atoms with Gasteiger partial charge in [-0.25, -0.2) is 4.79 Å². The van der Waals surface area contributed by atoms with E-state index in [-0.39, 0.29) is 24.7 Å². The van der Waals surface area contributed by atoms with Crippen LogP contribution in [0, 0.1) is 5.92 Å². The Hall–Kier alpha value is -3.59. The number of allylic oxidation sites excluding steroid dienone is 2. The molecule has 36 heavy (non-hydrogen) atoms. The molecule has 4 heterocycles. The van der Waals surface area contributed by atoms with E-state index in [2.05, 4.69) is 10.2 Å². The van der Waals surface area contributed by atoms with Crippen LogP contribution in [0.2, 0.25) is 0 Å². The van der Waals surface area contributed by atoms with Crippen molar-refractivity contribution >= 4 is 35.3 Å². The summed E-state index contributed by atoms with van der Waals surface area (Å²) in [6.07, 6.45) is 5.06. The number of aromatic nitrogens is 4. The first kappa shape index (κ1) is 25.5. The number of fused-ring (bicyclic) bond motifs is 2. The molecule has 2 aliphatic rings. The molecule has 0 aliphatic carbocycles. The maximum Gasteiger partial charge on any atom is 0.333 e. The summed E-state index contributed by atoms with van der Waals surface area (Å²) >= 11 is 0. The van der Waals surface area contributed by atoms with Gasteiger partial charge in [-0.1, -0.05) is 42.0 Å². The summed E-state index contributed by atoms with van der Waals surface area (Å²) in [5, 5.41) is 3.31. The van der Waals surface area contributed by atoms with E-state index in [1.165, 1.54) is 4.57 Å². The Morgan fingerprint density at radius 1 is 1.14 bits per heavy atom. The average Bonchev–Trinajstić information content (AvgIpc) is 3.56. The first-order chi connectivity index (χ1) is 16.9. The van der Waals surface area contributed by atoms with Crippen LogP contribution in [-0.4, -0.2) is 37.6 Å². The van der Waals surface area contributed by atoms with Crippen LogP contribution in [0.5, 0.6) is 0 Å². The van der Waals surface area contributed by atoms with Gasteiger partial charge in [0, 0.05) is 49.6 Å². The molecule has 190 valence electrons. The van der Waals surface area contributed by atoms with Gasteiger partial charge in [-0.15, -0.1) is 12.4 Å². The summed E-state index contributed by atoms with van der Waals surface area (Å²) in [5.74, 6) is 0.785. The fraction of sp³-hybridized carbons (Fsp3) is 0.385. The van der Waals surface area contributed by atoms with E-state index in [4.69, 9.17) is 4.98 Å². The molecule has 3 aromatic rings. The summed E-state index contributed by atoms with van der Waals surface area (Å²) in [6, 6.07) is 8.73. The molecule has 5 rings (SSSR count). The fourth-order valence-electron chi connectivity index (χ4n) is 4.92. The van der Waals surface area contributed by atoms with Crippen LogP contribution in [0.4, 0.5) is 5.95 Å². The predicted molar refractivity (Wildman–Crippen MR) is 143 cm³/mol. The van der Waals surface area contributed by atoms with Gasteiger partial charge in [-0.3, -0.25) is 18.7 Å². The van der Waals surface area contributed by atoms with Gasteiger partial charge in [0.2, 0.25) is 5.95 Å². The van der Waals surface area contributed by atoms with Crippen molar-refractivity contribution in [1.29, 1.82) is 0 Å². The van der Waals surface area contributed by atoms with Crippen LogP contribution in [0.25, 0.3) is 11.2 Å². The van der Waals surface area contributed by atoms with E-state index in [0.717, 1.165) is 35.3 Å². The maximum atomic E-state index is 13.8. The lowest BCUT2D eigenvalue weighted by Gasteiger charge is -2.19. The van der Waals surface area contributed by atoms with E-state index < -0.39 is 11.2 Å². The second-order valence-corrected chi connectivity index (χ2v) is 9.30. The molecule has 1 aromatic carbocycles. The normalized spacial score (nSPS) is 16.4. The van der Waals surface area contributed by atoms with Gasteiger partial charge < -0.3 is 14.8 Å². The Bertz CT molecular complexity index is 1480. The molecule has 10 heteroatoms. The van der Waals surface area contributed by atoms with Crippen molar-refractivity contribution in [1.82, 2.24) is 24.0 Å². The highest BCUT2D eigenvalue weighted by Crippen LogP contribution is 2.35. The Labute approximate surface area is 215 Å². The molecule has 0 saturated carbocycles. The van der Waals surface area contributed by atoms with Crippen LogP contribution in [0.15, 0.2) is 63.5 Å². The van der Waals surface area contributed by atoms with E-state index in [9.17, 15) is 14.4 Å². The smallest absolute Gasteiger partial charge is 0.333 e.